The fourth-order valence-corrected chi connectivity index (χ4v) is 1.05. The van der Waals surface area contributed by atoms with E-state index in [4.69, 9.17) is 4.74 Å². The Balaban J connectivity index is 2.18. The van der Waals surface area contributed by atoms with Crippen LogP contribution in [0.15, 0.2) is 18.5 Å². The minimum absolute atomic E-state index is 0.372. The second kappa shape index (κ2) is 1.61. The van der Waals surface area contributed by atoms with Gasteiger partial charge < -0.3 is 9.72 Å². The van der Waals surface area contributed by atoms with Crippen LogP contribution in [0.2, 0.25) is 0 Å². The number of ether oxygens (including phenoxy) is 1. The van der Waals surface area contributed by atoms with E-state index in [-0.39, 0.29) is 0 Å². The SMILES string of the molecule is CC1OC1c1cc[nH]c1. The Labute approximate surface area is 53.8 Å². The molecule has 2 atom stereocenters. The second-order valence-electron chi connectivity index (χ2n) is 2.41. The molecule has 1 aliphatic rings. The summed E-state index contributed by atoms with van der Waals surface area (Å²) in [6.45, 7) is 2.08. The lowest BCUT2D eigenvalue weighted by Crippen LogP contribution is -1.76. The molecule has 0 bridgehead atoms. The third-order valence-electron chi connectivity index (χ3n) is 1.66. The summed E-state index contributed by atoms with van der Waals surface area (Å²) in [5.41, 5.74) is 1.27. The van der Waals surface area contributed by atoms with Gasteiger partial charge in [0.15, 0.2) is 0 Å². The molecule has 0 amide bonds. The monoisotopic (exact) mass is 123 g/mol. The number of aromatic nitrogens is 1. The molecule has 2 heterocycles. The maximum Gasteiger partial charge on any atom is 0.110 e. The van der Waals surface area contributed by atoms with Crippen LogP contribution >= 0.6 is 0 Å². The lowest BCUT2D eigenvalue weighted by atomic mass is 10.2. The second-order valence-corrected chi connectivity index (χ2v) is 2.41. The Morgan fingerprint density at radius 1 is 1.67 bits per heavy atom. The van der Waals surface area contributed by atoms with Crippen molar-refractivity contribution < 1.29 is 4.74 Å². The quantitative estimate of drug-likeness (QED) is 0.563. The van der Waals surface area contributed by atoms with E-state index in [9.17, 15) is 0 Å². The molecule has 1 fully saturated rings. The van der Waals surface area contributed by atoms with Crippen LogP contribution in [0.5, 0.6) is 0 Å². The van der Waals surface area contributed by atoms with Gasteiger partial charge in [-0.05, 0) is 13.0 Å². The average Bonchev–Trinajstić information content (AvgIpc) is 2.44. The van der Waals surface area contributed by atoms with Crippen molar-refractivity contribution >= 4 is 0 Å². The maximum absolute atomic E-state index is 5.24. The summed E-state index contributed by atoms with van der Waals surface area (Å²) in [5.74, 6) is 0. The topological polar surface area (TPSA) is 28.3 Å². The van der Waals surface area contributed by atoms with Crippen molar-refractivity contribution in [3.63, 3.8) is 0 Å². The van der Waals surface area contributed by atoms with Crippen molar-refractivity contribution in [3.8, 4) is 0 Å². The molecule has 0 aromatic carbocycles. The highest BCUT2D eigenvalue weighted by Gasteiger charge is 2.35. The zero-order valence-electron chi connectivity index (χ0n) is 5.29. The van der Waals surface area contributed by atoms with Crippen LogP contribution in [0.1, 0.15) is 18.6 Å². The van der Waals surface area contributed by atoms with Gasteiger partial charge in [0.25, 0.3) is 0 Å². The Morgan fingerprint density at radius 3 is 2.89 bits per heavy atom. The lowest BCUT2D eigenvalue weighted by Gasteiger charge is -1.81. The maximum atomic E-state index is 5.24. The smallest absolute Gasteiger partial charge is 0.110 e. The first-order chi connectivity index (χ1) is 4.38. The van der Waals surface area contributed by atoms with Crippen LogP contribution in [0.4, 0.5) is 0 Å². The van der Waals surface area contributed by atoms with Crippen molar-refractivity contribution in [1.29, 1.82) is 0 Å². The highest BCUT2D eigenvalue weighted by atomic mass is 16.6. The molecule has 2 unspecified atom stereocenters. The number of epoxide rings is 1. The molecule has 0 spiro atoms. The summed E-state index contributed by atoms with van der Waals surface area (Å²) in [7, 11) is 0. The molecule has 0 radical (unpaired) electrons. The lowest BCUT2D eigenvalue weighted by molar-refractivity contribution is 0.383. The minimum atomic E-state index is 0.372. The van der Waals surface area contributed by atoms with E-state index in [1.165, 1.54) is 5.56 Å². The van der Waals surface area contributed by atoms with Crippen LogP contribution in [-0.2, 0) is 4.74 Å². The van der Waals surface area contributed by atoms with Crippen molar-refractivity contribution in [2.75, 3.05) is 0 Å². The molecule has 2 nitrogen and oxygen atoms in total. The van der Waals surface area contributed by atoms with Gasteiger partial charge in [0.1, 0.15) is 6.10 Å². The molecular weight excluding hydrogens is 114 g/mol. The molecule has 1 N–H and O–H groups in total. The third-order valence-corrected chi connectivity index (χ3v) is 1.66. The normalized spacial score (nSPS) is 32.6. The van der Waals surface area contributed by atoms with Gasteiger partial charge in [0.2, 0.25) is 0 Å². The average molecular weight is 123 g/mol. The number of H-pyrrole nitrogens is 1. The first-order valence-corrected chi connectivity index (χ1v) is 3.16. The summed E-state index contributed by atoms with van der Waals surface area (Å²) >= 11 is 0. The zero-order valence-corrected chi connectivity index (χ0v) is 5.29. The Kier molecular flexibility index (Phi) is 0.904. The Morgan fingerprint density at radius 2 is 2.44 bits per heavy atom. The number of aromatic amines is 1. The van der Waals surface area contributed by atoms with Crippen LogP contribution in [0, 0.1) is 0 Å². The Bertz CT molecular complexity index is 193. The summed E-state index contributed by atoms with van der Waals surface area (Å²) in [6, 6.07) is 2.05. The van der Waals surface area contributed by atoms with E-state index in [2.05, 4.69) is 11.9 Å². The fraction of sp³-hybridized carbons (Fsp3) is 0.429. The van der Waals surface area contributed by atoms with Gasteiger partial charge in [-0.15, -0.1) is 0 Å². The summed E-state index contributed by atoms with van der Waals surface area (Å²) in [4.78, 5) is 2.99. The molecule has 48 valence electrons. The standard InChI is InChI=1S/C7H9NO/c1-5-7(9-5)6-2-3-8-4-6/h2-5,7-8H,1H3. The van der Waals surface area contributed by atoms with E-state index in [0.29, 0.717) is 12.2 Å². The first-order valence-electron chi connectivity index (χ1n) is 3.16. The summed E-state index contributed by atoms with van der Waals surface area (Å²) < 4.78 is 5.24. The van der Waals surface area contributed by atoms with E-state index < -0.39 is 0 Å². The van der Waals surface area contributed by atoms with Crippen LogP contribution in [0.3, 0.4) is 0 Å². The minimum Gasteiger partial charge on any atom is -0.367 e. The van der Waals surface area contributed by atoms with E-state index in [0.717, 1.165) is 0 Å². The molecule has 1 saturated heterocycles. The molecule has 0 aliphatic carbocycles. The van der Waals surface area contributed by atoms with Gasteiger partial charge in [-0.1, -0.05) is 0 Å². The molecule has 9 heavy (non-hydrogen) atoms. The van der Waals surface area contributed by atoms with Crippen molar-refractivity contribution in [2.24, 2.45) is 0 Å². The van der Waals surface area contributed by atoms with Crippen LogP contribution in [0.25, 0.3) is 0 Å². The van der Waals surface area contributed by atoms with Gasteiger partial charge in [0, 0.05) is 18.0 Å². The number of hydrogen-bond acceptors (Lipinski definition) is 1. The van der Waals surface area contributed by atoms with Crippen molar-refractivity contribution in [3.05, 3.63) is 24.0 Å². The number of rotatable bonds is 1. The van der Waals surface area contributed by atoms with Crippen LogP contribution in [-0.4, -0.2) is 11.1 Å². The third kappa shape index (κ3) is 0.754. The Hall–Kier alpha value is -0.760. The zero-order chi connectivity index (χ0) is 6.27. The van der Waals surface area contributed by atoms with Gasteiger partial charge in [0.05, 0.1) is 6.10 Å². The van der Waals surface area contributed by atoms with Crippen LogP contribution < -0.4 is 0 Å². The molecule has 2 rings (SSSR count). The largest absolute Gasteiger partial charge is 0.367 e. The molecule has 2 heteroatoms. The first kappa shape index (κ1) is 5.06. The van der Waals surface area contributed by atoms with E-state index in [1.54, 1.807) is 0 Å². The summed E-state index contributed by atoms with van der Waals surface area (Å²) in [5, 5.41) is 0. The highest BCUT2D eigenvalue weighted by molar-refractivity contribution is 5.17. The van der Waals surface area contributed by atoms with Gasteiger partial charge in [-0.3, -0.25) is 0 Å². The predicted molar refractivity (Wildman–Crippen MR) is 34.1 cm³/mol. The predicted octanol–water partition coefficient (Wildman–Crippen LogP) is 1.47. The van der Waals surface area contributed by atoms with Gasteiger partial charge in [-0.2, -0.15) is 0 Å². The van der Waals surface area contributed by atoms with E-state index >= 15 is 0 Å². The summed E-state index contributed by atoms with van der Waals surface area (Å²) in [6.07, 6.45) is 4.70. The molecule has 1 aromatic heterocycles. The molecule has 1 aromatic rings. The van der Waals surface area contributed by atoms with Crippen molar-refractivity contribution in [1.82, 2.24) is 4.98 Å². The molecule has 1 aliphatic heterocycles. The van der Waals surface area contributed by atoms with Crippen molar-refractivity contribution in [2.45, 2.75) is 19.1 Å². The fourth-order valence-electron chi connectivity index (χ4n) is 1.05. The number of hydrogen-bond donors (Lipinski definition) is 1. The number of nitrogens with one attached hydrogen (secondary N) is 1. The van der Waals surface area contributed by atoms with Gasteiger partial charge in [-0.25, -0.2) is 0 Å². The molecule has 0 saturated carbocycles. The van der Waals surface area contributed by atoms with Gasteiger partial charge >= 0.3 is 0 Å². The molecular formula is C7H9NO. The highest BCUT2D eigenvalue weighted by Crippen LogP contribution is 2.37. The van der Waals surface area contributed by atoms with E-state index in [1.807, 2.05) is 18.5 Å².